The summed E-state index contributed by atoms with van der Waals surface area (Å²) in [5.74, 6) is 2.30. The minimum absolute atomic E-state index is 0.0547. The van der Waals surface area contributed by atoms with Crippen LogP contribution in [0.5, 0.6) is 11.5 Å². The van der Waals surface area contributed by atoms with Gasteiger partial charge < -0.3 is 23.8 Å². The molecule has 3 aliphatic rings. The van der Waals surface area contributed by atoms with E-state index in [1.165, 1.54) is 18.4 Å². The van der Waals surface area contributed by atoms with Gasteiger partial charge in [-0.3, -0.25) is 14.6 Å². The van der Waals surface area contributed by atoms with Crippen LogP contribution in [0.1, 0.15) is 105 Å². The molecule has 2 atom stereocenters. The number of rotatable bonds is 8. The number of carbonyl (C=O) groups excluding carboxylic acids is 2. The van der Waals surface area contributed by atoms with Crippen LogP contribution in [-0.2, 0) is 22.3 Å². The molecule has 3 aliphatic heterocycles. The summed E-state index contributed by atoms with van der Waals surface area (Å²) in [7, 11) is 1.42. The van der Waals surface area contributed by atoms with Crippen molar-refractivity contribution in [3.63, 3.8) is 0 Å². The molecule has 2 aromatic carbocycles. The summed E-state index contributed by atoms with van der Waals surface area (Å²) in [6.07, 6.45) is 9.56. The molecule has 0 saturated carbocycles. The molecule has 6 rings (SSSR count). The summed E-state index contributed by atoms with van der Waals surface area (Å²) < 4.78 is 25.8. The summed E-state index contributed by atoms with van der Waals surface area (Å²) in [4.78, 5) is 33.1. The maximum Gasteiger partial charge on any atom is 0.414 e. The van der Waals surface area contributed by atoms with E-state index in [-0.39, 0.29) is 24.3 Å². The fourth-order valence-corrected chi connectivity index (χ4v) is 7.58. The SMILES string of the molecule is CCCOc1c(-c2cnn(C3CCN(C(=O)OC(C)(C)C)CC3)c2)ccc2c1CC[C@H](C)N2C(=O)OC.CCCOc1c(Br)ccc2c1C[C@H](C)C(C)=N2. The second-order valence-corrected chi connectivity index (χ2v) is 16.4. The molecule has 294 valence electrons. The van der Waals surface area contributed by atoms with E-state index in [1.807, 2.05) is 56.8 Å². The van der Waals surface area contributed by atoms with Crippen LogP contribution in [-0.4, -0.2) is 77.6 Å². The molecule has 4 heterocycles. The average Bonchev–Trinajstić information content (AvgIpc) is 3.64. The third-order valence-corrected chi connectivity index (χ3v) is 10.8. The molecular weight excluding hydrogens is 750 g/mol. The smallest absolute Gasteiger partial charge is 0.414 e. The monoisotopic (exact) mass is 807 g/mol. The number of likely N-dealkylation sites (tertiary alicyclic amines) is 1. The molecule has 0 radical (unpaired) electrons. The highest BCUT2D eigenvalue weighted by molar-refractivity contribution is 9.10. The zero-order valence-corrected chi connectivity index (χ0v) is 35.1. The van der Waals surface area contributed by atoms with Crippen LogP contribution >= 0.6 is 15.9 Å². The van der Waals surface area contributed by atoms with Crippen molar-refractivity contribution in [3.05, 3.63) is 52.3 Å². The van der Waals surface area contributed by atoms with E-state index in [2.05, 4.69) is 66.0 Å². The quantitative estimate of drug-likeness (QED) is 0.223. The second kappa shape index (κ2) is 18.0. The van der Waals surface area contributed by atoms with Gasteiger partial charge in [0.05, 0.1) is 48.4 Å². The molecule has 0 aliphatic carbocycles. The van der Waals surface area contributed by atoms with Gasteiger partial charge in [-0.2, -0.15) is 5.10 Å². The summed E-state index contributed by atoms with van der Waals surface area (Å²) in [6.45, 7) is 18.8. The summed E-state index contributed by atoms with van der Waals surface area (Å²) in [5, 5.41) is 4.69. The Morgan fingerprint density at radius 1 is 0.926 bits per heavy atom. The molecule has 54 heavy (non-hydrogen) atoms. The van der Waals surface area contributed by atoms with Crippen molar-refractivity contribution in [2.75, 3.05) is 38.3 Å². The summed E-state index contributed by atoms with van der Waals surface area (Å²) >= 11 is 3.57. The van der Waals surface area contributed by atoms with Gasteiger partial charge in [-0.25, -0.2) is 9.59 Å². The van der Waals surface area contributed by atoms with E-state index in [0.29, 0.717) is 25.6 Å². The molecule has 1 fully saturated rings. The van der Waals surface area contributed by atoms with Gasteiger partial charge in [0.25, 0.3) is 0 Å². The third kappa shape index (κ3) is 9.59. The predicted molar refractivity (Wildman–Crippen MR) is 218 cm³/mol. The summed E-state index contributed by atoms with van der Waals surface area (Å²) in [6, 6.07) is 8.36. The Bertz CT molecular complexity index is 1810. The highest BCUT2D eigenvalue weighted by Gasteiger charge is 2.33. The Hall–Kier alpha value is -4.06. The van der Waals surface area contributed by atoms with Crippen molar-refractivity contribution in [3.8, 4) is 22.6 Å². The first kappa shape index (κ1) is 41.1. The lowest BCUT2D eigenvalue weighted by Gasteiger charge is -2.35. The maximum absolute atomic E-state index is 12.5. The van der Waals surface area contributed by atoms with Crippen LogP contribution in [0.15, 0.2) is 46.1 Å². The van der Waals surface area contributed by atoms with Gasteiger partial charge in [0.2, 0.25) is 0 Å². The normalized spacial score (nSPS) is 18.4. The van der Waals surface area contributed by atoms with Crippen molar-refractivity contribution in [2.45, 2.75) is 118 Å². The van der Waals surface area contributed by atoms with Crippen LogP contribution in [0, 0.1) is 5.92 Å². The number of aliphatic imine (C=N–C) groups is 1. The minimum atomic E-state index is -0.497. The number of carbonyl (C=O) groups is 2. The number of hydrogen-bond acceptors (Lipinski definition) is 8. The van der Waals surface area contributed by atoms with Gasteiger partial charge in [-0.05, 0) is 126 Å². The zero-order valence-electron chi connectivity index (χ0n) is 33.5. The fraction of sp³-hybridized carbons (Fsp3) is 0.571. The van der Waals surface area contributed by atoms with E-state index in [4.69, 9.17) is 18.9 Å². The number of aromatic nitrogens is 2. The topological polar surface area (TPSA) is 108 Å². The lowest BCUT2D eigenvalue weighted by Crippen LogP contribution is -2.42. The standard InChI is InChI=1S/C28H40N4O5.C14H18BrNO/c1-7-16-36-25-22(10-11-24-23(25)9-8-19(2)32(24)27(34)35-6)20-17-29-31(18-20)21-12-14-30(15-13-21)26(33)37-28(3,4)5;1-4-7-17-14-11-8-9(2)10(3)16-13(11)6-5-12(14)15/h10-11,17-19,21H,7-9,12-16H2,1-6H3;5-6,9H,4,7-8H2,1-3H3/t19-;9-/m00/s1. The number of halogens is 1. The fourth-order valence-electron chi connectivity index (χ4n) is 7.10. The Kier molecular flexibility index (Phi) is 13.7. The van der Waals surface area contributed by atoms with Gasteiger partial charge in [0, 0.05) is 53.3 Å². The molecule has 0 N–H and O–H groups in total. The van der Waals surface area contributed by atoms with Crippen molar-refractivity contribution in [2.24, 2.45) is 10.9 Å². The molecule has 0 bridgehead atoms. The number of hydrogen-bond donors (Lipinski definition) is 0. The van der Waals surface area contributed by atoms with Gasteiger partial charge in [-0.15, -0.1) is 0 Å². The van der Waals surface area contributed by atoms with Gasteiger partial charge in [0.1, 0.15) is 17.1 Å². The molecule has 3 aromatic rings. The predicted octanol–water partition coefficient (Wildman–Crippen LogP) is 10.3. The lowest BCUT2D eigenvalue weighted by atomic mass is 9.92. The first-order chi connectivity index (χ1) is 25.8. The first-order valence-electron chi connectivity index (χ1n) is 19.4. The van der Waals surface area contributed by atoms with Crippen molar-refractivity contribution >= 4 is 45.2 Å². The molecule has 0 spiro atoms. The van der Waals surface area contributed by atoms with Crippen molar-refractivity contribution in [1.82, 2.24) is 14.7 Å². The van der Waals surface area contributed by atoms with Crippen LogP contribution in [0.2, 0.25) is 0 Å². The van der Waals surface area contributed by atoms with Crippen molar-refractivity contribution < 1.29 is 28.5 Å². The zero-order chi connectivity index (χ0) is 39.2. The molecule has 12 heteroatoms. The largest absolute Gasteiger partial charge is 0.493 e. The van der Waals surface area contributed by atoms with Crippen molar-refractivity contribution in [1.29, 1.82) is 0 Å². The average molecular weight is 809 g/mol. The van der Waals surface area contributed by atoms with E-state index < -0.39 is 5.60 Å². The number of amides is 2. The van der Waals surface area contributed by atoms with Crippen LogP contribution in [0.4, 0.5) is 21.0 Å². The number of anilines is 1. The highest BCUT2D eigenvalue weighted by atomic mass is 79.9. The van der Waals surface area contributed by atoms with E-state index in [0.717, 1.165) is 95.6 Å². The molecule has 0 unspecified atom stereocenters. The van der Waals surface area contributed by atoms with Crippen LogP contribution in [0.3, 0.4) is 0 Å². The number of fused-ring (bicyclic) bond motifs is 2. The number of nitrogens with zero attached hydrogens (tertiary/aromatic N) is 5. The first-order valence-corrected chi connectivity index (χ1v) is 20.2. The number of ether oxygens (including phenoxy) is 4. The van der Waals surface area contributed by atoms with E-state index in [1.54, 1.807) is 9.80 Å². The number of piperidine rings is 1. The molecule has 1 saturated heterocycles. The molecular formula is C42H58BrN5O6. The lowest BCUT2D eigenvalue weighted by molar-refractivity contribution is 0.0184. The van der Waals surface area contributed by atoms with Crippen LogP contribution < -0.4 is 14.4 Å². The van der Waals surface area contributed by atoms with Gasteiger partial charge >= 0.3 is 12.2 Å². The maximum atomic E-state index is 12.5. The van der Waals surface area contributed by atoms with Gasteiger partial charge in [-0.1, -0.05) is 20.8 Å². The molecule has 11 nitrogen and oxygen atoms in total. The van der Waals surface area contributed by atoms with Gasteiger partial charge in [0.15, 0.2) is 0 Å². The summed E-state index contributed by atoms with van der Waals surface area (Å²) in [5.41, 5.74) is 6.86. The highest BCUT2D eigenvalue weighted by Crippen LogP contribution is 2.44. The molecule has 1 aromatic heterocycles. The number of methoxy groups -OCH3 is 1. The van der Waals surface area contributed by atoms with E-state index in [9.17, 15) is 9.59 Å². The number of benzene rings is 2. The third-order valence-electron chi connectivity index (χ3n) is 10.1. The van der Waals surface area contributed by atoms with E-state index >= 15 is 0 Å². The Labute approximate surface area is 329 Å². The second-order valence-electron chi connectivity index (χ2n) is 15.5. The Morgan fingerprint density at radius 2 is 1.61 bits per heavy atom. The minimum Gasteiger partial charge on any atom is -0.493 e. The molecule has 2 amide bonds. The van der Waals surface area contributed by atoms with Crippen LogP contribution in [0.25, 0.3) is 11.1 Å². The Balaban J connectivity index is 0.000000274. The Morgan fingerprint density at radius 3 is 2.26 bits per heavy atom.